The zero-order valence-electron chi connectivity index (χ0n) is 11.0. The molecule has 0 atom stereocenters. The third-order valence-corrected chi connectivity index (χ3v) is 4.40. The third kappa shape index (κ3) is 2.78. The van der Waals surface area contributed by atoms with Gasteiger partial charge in [-0.3, -0.25) is 4.79 Å². The van der Waals surface area contributed by atoms with Crippen molar-refractivity contribution in [2.24, 2.45) is 0 Å². The maximum absolute atomic E-state index is 12.6. The van der Waals surface area contributed by atoms with Gasteiger partial charge in [-0.15, -0.1) is 4.73 Å². The second-order valence-electron chi connectivity index (χ2n) is 4.39. The van der Waals surface area contributed by atoms with E-state index in [0.29, 0.717) is 16.7 Å². The van der Waals surface area contributed by atoms with Crippen molar-refractivity contribution in [1.29, 1.82) is 0 Å². The maximum Gasteiger partial charge on any atom is 0.294 e. The minimum absolute atomic E-state index is 0.199. The Kier molecular flexibility index (Phi) is 4.16. The zero-order chi connectivity index (χ0) is 15.0. The van der Waals surface area contributed by atoms with Crippen LogP contribution in [0.4, 0.5) is 0 Å². The van der Waals surface area contributed by atoms with Crippen LogP contribution in [0.15, 0.2) is 47.3 Å². The monoisotopic (exact) mass is 504 g/mol. The number of hydrogen-bond acceptors (Lipinski definition) is 3. The van der Waals surface area contributed by atoms with E-state index < -0.39 is 0 Å². The van der Waals surface area contributed by atoms with E-state index >= 15 is 0 Å². The summed E-state index contributed by atoms with van der Waals surface area (Å²) in [6.45, 7) is 0. The van der Waals surface area contributed by atoms with Gasteiger partial charge in [-0.25, -0.2) is 4.98 Å². The summed E-state index contributed by atoms with van der Waals surface area (Å²) < 4.78 is 3.30. The van der Waals surface area contributed by atoms with E-state index in [2.05, 4.69) is 50.2 Å². The third-order valence-electron chi connectivity index (χ3n) is 3.06. The lowest BCUT2D eigenvalue weighted by Crippen LogP contribution is -2.27. The molecule has 4 nitrogen and oxygen atoms in total. The lowest BCUT2D eigenvalue weighted by molar-refractivity contribution is 0.160. The molecule has 0 aliphatic carbocycles. The Balaban J connectivity index is 2.38. The van der Waals surface area contributed by atoms with Crippen molar-refractivity contribution in [3.63, 3.8) is 0 Å². The molecule has 0 saturated carbocycles. The molecule has 0 amide bonds. The molecule has 0 aliphatic rings. The number of benzene rings is 2. The average Bonchev–Trinajstić information content (AvgIpc) is 2.48. The van der Waals surface area contributed by atoms with Gasteiger partial charge in [0, 0.05) is 12.7 Å². The fraction of sp³-hybridized carbons (Fsp3) is 0.0667. The van der Waals surface area contributed by atoms with Crippen molar-refractivity contribution in [2.75, 3.05) is 7.11 Å². The van der Waals surface area contributed by atoms with Crippen LogP contribution in [0.3, 0.4) is 0 Å². The van der Waals surface area contributed by atoms with Crippen LogP contribution >= 0.6 is 45.2 Å². The number of fused-ring (bicyclic) bond motifs is 1. The van der Waals surface area contributed by atoms with Crippen LogP contribution in [-0.2, 0) is 0 Å². The van der Waals surface area contributed by atoms with Crippen LogP contribution in [0.25, 0.3) is 22.3 Å². The summed E-state index contributed by atoms with van der Waals surface area (Å²) in [6, 6.07) is 13.4. The van der Waals surface area contributed by atoms with E-state index in [1.807, 2.05) is 42.5 Å². The number of nitrogens with zero attached hydrogens (tertiary/aromatic N) is 2. The fourth-order valence-corrected chi connectivity index (χ4v) is 3.16. The van der Waals surface area contributed by atoms with Crippen LogP contribution in [0.1, 0.15) is 0 Å². The first-order valence-electron chi connectivity index (χ1n) is 6.13. The molecule has 0 bridgehead atoms. The van der Waals surface area contributed by atoms with Crippen LogP contribution in [0, 0.1) is 7.14 Å². The predicted octanol–water partition coefficient (Wildman–Crippen LogP) is 3.33. The van der Waals surface area contributed by atoms with Crippen LogP contribution in [-0.4, -0.2) is 16.8 Å². The summed E-state index contributed by atoms with van der Waals surface area (Å²) in [5, 5.41) is 0.554. The quantitative estimate of drug-likeness (QED) is 0.504. The summed E-state index contributed by atoms with van der Waals surface area (Å²) >= 11 is 4.41. The summed E-state index contributed by atoms with van der Waals surface area (Å²) in [5.41, 5.74) is 1.32. The molecule has 3 aromatic rings. The molecule has 0 N–H and O–H groups in total. The lowest BCUT2D eigenvalue weighted by atomic mass is 10.2. The molecule has 6 heteroatoms. The molecule has 0 spiro atoms. The zero-order valence-corrected chi connectivity index (χ0v) is 15.3. The molecule has 0 aliphatic heterocycles. The minimum Gasteiger partial charge on any atom is -0.412 e. The Bertz CT molecular complexity index is 890. The second kappa shape index (κ2) is 5.91. The van der Waals surface area contributed by atoms with Gasteiger partial charge in [0.1, 0.15) is 7.11 Å². The first kappa shape index (κ1) is 14.8. The summed E-state index contributed by atoms with van der Waals surface area (Å²) in [6.07, 6.45) is 0. The SMILES string of the molecule is COn1c(-c2cccc(I)c2)nc2ccc(I)cc2c1=O. The smallest absolute Gasteiger partial charge is 0.294 e. The molecule has 0 radical (unpaired) electrons. The van der Waals surface area contributed by atoms with Crippen molar-refractivity contribution >= 4 is 56.1 Å². The molecular weight excluding hydrogens is 494 g/mol. The van der Waals surface area contributed by atoms with Gasteiger partial charge in [0.2, 0.25) is 0 Å². The highest BCUT2D eigenvalue weighted by Gasteiger charge is 2.13. The molecule has 1 aromatic heterocycles. The van der Waals surface area contributed by atoms with Gasteiger partial charge in [-0.1, -0.05) is 12.1 Å². The van der Waals surface area contributed by atoms with Crippen LogP contribution < -0.4 is 10.4 Å². The largest absolute Gasteiger partial charge is 0.412 e. The Labute approximate surface area is 148 Å². The van der Waals surface area contributed by atoms with E-state index in [1.54, 1.807) is 0 Å². The normalized spacial score (nSPS) is 10.8. The van der Waals surface area contributed by atoms with Gasteiger partial charge in [-0.05, 0) is 75.5 Å². The molecule has 21 heavy (non-hydrogen) atoms. The van der Waals surface area contributed by atoms with Crippen LogP contribution in [0.2, 0.25) is 0 Å². The number of hydrogen-bond donors (Lipinski definition) is 0. The van der Waals surface area contributed by atoms with Crippen molar-refractivity contribution in [3.8, 4) is 11.4 Å². The number of aromatic nitrogens is 2. The fourth-order valence-electron chi connectivity index (χ4n) is 2.12. The van der Waals surface area contributed by atoms with E-state index in [4.69, 9.17) is 4.84 Å². The number of rotatable bonds is 2. The predicted molar refractivity (Wildman–Crippen MR) is 99.4 cm³/mol. The average molecular weight is 504 g/mol. The van der Waals surface area contributed by atoms with E-state index in [9.17, 15) is 4.79 Å². The van der Waals surface area contributed by atoms with E-state index in [0.717, 1.165) is 12.7 Å². The molecule has 3 rings (SSSR count). The van der Waals surface area contributed by atoms with Gasteiger partial charge in [0.05, 0.1) is 10.9 Å². The van der Waals surface area contributed by atoms with Crippen molar-refractivity contribution in [1.82, 2.24) is 9.71 Å². The number of halogens is 2. The molecular formula is C15H10I2N2O2. The summed E-state index contributed by atoms with van der Waals surface area (Å²) in [7, 11) is 1.47. The van der Waals surface area contributed by atoms with Crippen molar-refractivity contribution in [3.05, 3.63) is 60.0 Å². The van der Waals surface area contributed by atoms with Gasteiger partial charge in [-0.2, -0.15) is 0 Å². The molecule has 0 fully saturated rings. The maximum atomic E-state index is 12.6. The highest BCUT2D eigenvalue weighted by Crippen LogP contribution is 2.21. The highest BCUT2D eigenvalue weighted by molar-refractivity contribution is 14.1. The molecule has 0 unspecified atom stereocenters. The standard InChI is InChI=1S/C15H10I2N2O2/c1-21-19-14(9-3-2-4-10(16)7-9)18-13-6-5-11(17)8-12(13)15(19)20/h2-8H,1H3. The topological polar surface area (TPSA) is 44.1 Å². The van der Waals surface area contributed by atoms with Crippen molar-refractivity contribution < 1.29 is 4.84 Å². The Morgan fingerprint density at radius 2 is 1.86 bits per heavy atom. The van der Waals surface area contributed by atoms with E-state index in [-0.39, 0.29) is 5.56 Å². The minimum atomic E-state index is -0.199. The molecule has 0 saturated heterocycles. The Morgan fingerprint density at radius 1 is 1.10 bits per heavy atom. The van der Waals surface area contributed by atoms with Gasteiger partial charge < -0.3 is 4.84 Å². The van der Waals surface area contributed by atoms with E-state index in [1.165, 1.54) is 11.8 Å². The molecule has 2 aromatic carbocycles. The second-order valence-corrected chi connectivity index (χ2v) is 6.88. The lowest BCUT2D eigenvalue weighted by Gasteiger charge is -2.12. The van der Waals surface area contributed by atoms with Crippen molar-refractivity contribution in [2.45, 2.75) is 0 Å². The van der Waals surface area contributed by atoms with Gasteiger partial charge in [0.25, 0.3) is 5.56 Å². The summed E-state index contributed by atoms with van der Waals surface area (Å²) in [5.74, 6) is 0.509. The van der Waals surface area contributed by atoms with Crippen LogP contribution in [0.5, 0.6) is 0 Å². The summed E-state index contributed by atoms with van der Waals surface area (Å²) in [4.78, 5) is 22.4. The molecule has 106 valence electrons. The first-order valence-corrected chi connectivity index (χ1v) is 8.28. The Hall–Kier alpha value is -1.16. The van der Waals surface area contributed by atoms with Gasteiger partial charge >= 0.3 is 0 Å². The highest BCUT2D eigenvalue weighted by atomic mass is 127. The Morgan fingerprint density at radius 3 is 2.57 bits per heavy atom. The first-order chi connectivity index (χ1) is 10.1. The molecule has 1 heterocycles. The van der Waals surface area contributed by atoms with Gasteiger partial charge in [0.15, 0.2) is 5.82 Å².